The van der Waals surface area contributed by atoms with Crippen LogP contribution in [0.4, 0.5) is 42.5 Å². The molecule has 0 radical (unpaired) electrons. The molecule has 12 heteroatoms. The van der Waals surface area contributed by atoms with Crippen LogP contribution in [0.15, 0.2) is 36.4 Å². The average molecular weight is 491 g/mol. The fourth-order valence-electron chi connectivity index (χ4n) is 2.03. The zero-order valence-electron chi connectivity index (χ0n) is 16.4. The largest absolute Gasteiger partial charge is 0.444 e. The van der Waals surface area contributed by atoms with Gasteiger partial charge < -0.3 is 10.5 Å². The number of hydrogen-bond donors (Lipinski definition) is 2. The molecule has 2 rings (SSSR count). The van der Waals surface area contributed by atoms with Crippen LogP contribution in [0.2, 0.25) is 10.0 Å². The van der Waals surface area contributed by atoms with Crippen LogP contribution < -0.4 is 11.1 Å². The summed E-state index contributed by atoms with van der Waals surface area (Å²) in [6.07, 6.45) is -9.89. The highest BCUT2D eigenvalue weighted by atomic mass is 35.5. The highest BCUT2D eigenvalue weighted by Gasteiger charge is 2.34. The Bertz CT molecular complexity index is 925. The van der Waals surface area contributed by atoms with E-state index >= 15 is 0 Å². The van der Waals surface area contributed by atoms with E-state index in [2.05, 4.69) is 5.32 Å². The van der Waals surface area contributed by atoms with Crippen molar-refractivity contribution >= 4 is 40.7 Å². The fraction of sp³-hybridized carbons (Fsp3) is 0.316. The molecule has 0 atom stereocenters. The molecule has 4 nitrogen and oxygen atoms in total. The summed E-state index contributed by atoms with van der Waals surface area (Å²) < 4.78 is 79.0. The number of nitrogen functional groups attached to an aromatic ring is 1. The summed E-state index contributed by atoms with van der Waals surface area (Å²) in [5, 5.41) is 1.18. The molecule has 31 heavy (non-hydrogen) atoms. The first-order valence-corrected chi connectivity index (χ1v) is 9.16. The Hall–Kier alpha value is -2.33. The molecule has 0 saturated carbocycles. The topological polar surface area (TPSA) is 64.3 Å². The number of anilines is 2. The van der Waals surface area contributed by atoms with Crippen molar-refractivity contribution in [2.24, 2.45) is 0 Å². The molecule has 0 fully saturated rings. The summed E-state index contributed by atoms with van der Waals surface area (Å²) in [4.78, 5) is 11.5. The molecule has 0 aliphatic carbocycles. The average Bonchev–Trinajstić information content (AvgIpc) is 2.56. The van der Waals surface area contributed by atoms with Gasteiger partial charge in [-0.05, 0) is 45.0 Å². The van der Waals surface area contributed by atoms with E-state index in [-0.39, 0.29) is 11.4 Å². The minimum atomic E-state index is -4.58. The van der Waals surface area contributed by atoms with Gasteiger partial charge in [-0.2, -0.15) is 26.3 Å². The molecule has 0 aliphatic rings. The van der Waals surface area contributed by atoms with Crippen LogP contribution >= 0.6 is 23.2 Å². The maximum atomic E-state index is 12.6. The first kappa shape index (κ1) is 26.7. The number of amides is 1. The minimum Gasteiger partial charge on any atom is -0.444 e. The quantitative estimate of drug-likeness (QED) is 0.318. The van der Waals surface area contributed by atoms with E-state index in [1.54, 1.807) is 20.8 Å². The number of ether oxygens (including phenoxy) is 1. The van der Waals surface area contributed by atoms with Gasteiger partial charge in [0.2, 0.25) is 0 Å². The van der Waals surface area contributed by atoms with Gasteiger partial charge in [-0.3, -0.25) is 5.32 Å². The molecule has 0 unspecified atom stereocenters. The van der Waals surface area contributed by atoms with Crippen LogP contribution in [0, 0.1) is 0 Å². The molecule has 0 heterocycles. The minimum absolute atomic E-state index is 0.0634. The fourth-order valence-corrected chi connectivity index (χ4v) is 2.54. The van der Waals surface area contributed by atoms with Crippen molar-refractivity contribution in [3.8, 4) is 0 Å². The molecule has 0 aromatic heterocycles. The van der Waals surface area contributed by atoms with Crippen molar-refractivity contribution in [2.75, 3.05) is 11.1 Å². The first-order valence-electron chi connectivity index (χ1n) is 8.40. The number of carbonyl (C=O) groups excluding carboxylic acids is 1. The summed E-state index contributed by atoms with van der Waals surface area (Å²) in [5.74, 6) is 0. The Morgan fingerprint density at radius 3 is 1.74 bits per heavy atom. The molecule has 0 spiro atoms. The first-order chi connectivity index (χ1) is 13.9. The van der Waals surface area contributed by atoms with Crippen molar-refractivity contribution in [3.05, 3.63) is 57.6 Å². The second kappa shape index (κ2) is 9.86. The van der Waals surface area contributed by atoms with Crippen molar-refractivity contribution < 1.29 is 35.9 Å². The lowest BCUT2D eigenvalue weighted by Crippen LogP contribution is -2.27. The number of nitrogens with one attached hydrogen (secondary N) is 1. The number of rotatable bonds is 1. The third-order valence-electron chi connectivity index (χ3n) is 3.27. The molecule has 3 N–H and O–H groups in total. The van der Waals surface area contributed by atoms with Gasteiger partial charge in [0.1, 0.15) is 5.60 Å². The maximum Gasteiger partial charge on any atom is 0.417 e. The number of hydrogen-bond acceptors (Lipinski definition) is 3. The Kier molecular flexibility index (Phi) is 8.50. The smallest absolute Gasteiger partial charge is 0.417 e. The van der Waals surface area contributed by atoms with Crippen molar-refractivity contribution in [1.82, 2.24) is 0 Å². The monoisotopic (exact) mass is 490 g/mol. The van der Waals surface area contributed by atoms with Gasteiger partial charge in [-0.1, -0.05) is 35.3 Å². The molecule has 1 amide bonds. The van der Waals surface area contributed by atoms with E-state index in [0.717, 1.165) is 18.2 Å². The summed E-state index contributed by atoms with van der Waals surface area (Å²) in [6, 6.07) is 6.67. The molecule has 0 saturated heterocycles. The van der Waals surface area contributed by atoms with Crippen LogP contribution in [-0.4, -0.2) is 11.7 Å². The van der Waals surface area contributed by atoms with Crippen LogP contribution in [0.3, 0.4) is 0 Å². The summed E-state index contributed by atoms with van der Waals surface area (Å²) >= 11 is 11.0. The van der Waals surface area contributed by atoms with E-state index in [9.17, 15) is 31.1 Å². The Labute approximate surface area is 184 Å². The molecular formula is C19H18Cl2F6N2O2. The predicted molar refractivity (Wildman–Crippen MR) is 107 cm³/mol. The van der Waals surface area contributed by atoms with Gasteiger partial charge in [0.05, 0.1) is 32.5 Å². The van der Waals surface area contributed by atoms with Crippen molar-refractivity contribution in [3.63, 3.8) is 0 Å². The van der Waals surface area contributed by atoms with Gasteiger partial charge in [0.15, 0.2) is 0 Å². The molecular weight excluding hydrogens is 473 g/mol. The van der Waals surface area contributed by atoms with Crippen molar-refractivity contribution in [2.45, 2.75) is 38.7 Å². The summed E-state index contributed by atoms with van der Waals surface area (Å²) in [5.41, 5.74) is 2.31. The number of halogens is 8. The molecule has 172 valence electrons. The van der Waals surface area contributed by atoms with Gasteiger partial charge in [-0.25, -0.2) is 4.79 Å². The number of carbonyl (C=O) groups is 1. The predicted octanol–water partition coefficient (Wildman–Crippen LogP) is 7.65. The Morgan fingerprint density at radius 2 is 1.32 bits per heavy atom. The molecule has 0 bridgehead atoms. The second-order valence-electron chi connectivity index (χ2n) is 7.00. The van der Waals surface area contributed by atoms with Crippen molar-refractivity contribution in [1.29, 1.82) is 0 Å². The van der Waals surface area contributed by atoms with E-state index in [1.807, 2.05) is 0 Å². The molecule has 2 aromatic rings. The normalized spacial score (nSPS) is 12.0. The lowest BCUT2D eigenvalue weighted by molar-refractivity contribution is -0.138. The number of nitrogens with two attached hydrogens (primary N) is 1. The zero-order chi connectivity index (χ0) is 24.2. The third-order valence-corrected chi connectivity index (χ3v) is 4.10. The van der Waals surface area contributed by atoms with Crippen LogP contribution in [0.5, 0.6) is 0 Å². The highest BCUT2D eigenvalue weighted by molar-refractivity contribution is 6.34. The summed E-state index contributed by atoms with van der Waals surface area (Å²) in [6.45, 7) is 4.92. The van der Waals surface area contributed by atoms with Gasteiger partial charge in [-0.15, -0.1) is 0 Å². The van der Waals surface area contributed by atoms with Crippen LogP contribution in [0.25, 0.3) is 0 Å². The lowest BCUT2D eigenvalue weighted by atomic mass is 10.2. The maximum absolute atomic E-state index is 12.6. The van der Waals surface area contributed by atoms with Gasteiger partial charge >= 0.3 is 18.4 Å². The van der Waals surface area contributed by atoms with E-state index in [1.165, 1.54) is 18.2 Å². The summed E-state index contributed by atoms with van der Waals surface area (Å²) in [7, 11) is 0. The standard InChI is InChI=1S/C12H13ClF3NO2.C7H5ClF3N/c1-11(2,3)19-10(18)17-8-6-4-5-7(9(8)13)12(14,15)16;8-6-4(7(9,10)11)2-1-3-5(6)12/h4-6H,1-3H3,(H,17,18);1-3H,12H2. The lowest BCUT2D eigenvalue weighted by Gasteiger charge is -2.20. The number of benzene rings is 2. The Balaban J connectivity index is 0.000000343. The van der Waals surface area contributed by atoms with E-state index in [4.69, 9.17) is 33.7 Å². The van der Waals surface area contributed by atoms with Crippen LogP contribution in [0.1, 0.15) is 31.9 Å². The Morgan fingerprint density at radius 1 is 0.871 bits per heavy atom. The second-order valence-corrected chi connectivity index (χ2v) is 7.75. The SMILES string of the molecule is CC(C)(C)OC(=O)Nc1cccc(C(F)(F)F)c1Cl.Nc1cccc(C(F)(F)F)c1Cl. The third kappa shape index (κ3) is 8.37. The molecule has 0 aliphatic heterocycles. The van der Waals surface area contributed by atoms with Crippen LogP contribution in [-0.2, 0) is 17.1 Å². The van der Waals surface area contributed by atoms with E-state index < -0.39 is 45.2 Å². The highest BCUT2D eigenvalue weighted by Crippen LogP contribution is 2.38. The zero-order valence-corrected chi connectivity index (χ0v) is 17.9. The van der Waals surface area contributed by atoms with E-state index in [0.29, 0.717) is 0 Å². The van der Waals surface area contributed by atoms with Gasteiger partial charge in [0.25, 0.3) is 0 Å². The molecule has 2 aromatic carbocycles. The van der Waals surface area contributed by atoms with Gasteiger partial charge in [0, 0.05) is 0 Å². The number of alkyl halides is 6.